The minimum absolute atomic E-state index is 0.0260. The van der Waals surface area contributed by atoms with Crippen LogP contribution < -0.4 is 4.90 Å². The van der Waals surface area contributed by atoms with Crippen molar-refractivity contribution in [3.63, 3.8) is 0 Å². The summed E-state index contributed by atoms with van der Waals surface area (Å²) in [5, 5.41) is 0.991. The number of fused-ring (bicyclic) bond motifs is 1. The molecular weight excluding hydrogens is 378 g/mol. The number of rotatable bonds is 3. The summed E-state index contributed by atoms with van der Waals surface area (Å²) in [6.07, 6.45) is 5.36. The van der Waals surface area contributed by atoms with Crippen LogP contribution in [-0.2, 0) is 11.1 Å². The highest BCUT2D eigenvalue weighted by Gasteiger charge is 2.53. The average Bonchev–Trinajstić information content (AvgIpc) is 3.29. The first-order chi connectivity index (χ1) is 13.6. The van der Waals surface area contributed by atoms with Crippen LogP contribution >= 0.6 is 0 Å². The summed E-state index contributed by atoms with van der Waals surface area (Å²) in [6.45, 7) is 2.06. The van der Waals surface area contributed by atoms with Crippen molar-refractivity contribution < 1.29 is 13.6 Å². The number of piperazine rings is 1. The zero-order chi connectivity index (χ0) is 19.3. The monoisotopic (exact) mass is 397 g/mol. The number of carbonyl (C=O) groups excluding carboxylic acids is 1. The minimum atomic E-state index is -2.04. The maximum Gasteiger partial charge on any atom is 0.254 e. The second kappa shape index (κ2) is 6.39. The Morgan fingerprint density at radius 1 is 1.14 bits per heavy atom. The van der Waals surface area contributed by atoms with Gasteiger partial charge in [-0.05, 0) is 43.2 Å². The molecule has 1 atom stereocenters. The van der Waals surface area contributed by atoms with Crippen LogP contribution in [0.15, 0.2) is 47.8 Å². The van der Waals surface area contributed by atoms with E-state index < -0.39 is 11.1 Å². The van der Waals surface area contributed by atoms with Gasteiger partial charge in [-0.1, -0.05) is 0 Å². The molecule has 0 bridgehead atoms. The highest BCUT2D eigenvalue weighted by molar-refractivity contribution is 7.79. The number of benzene rings is 1. The average molecular weight is 397 g/mol. The molecule has 1 saturated heterocycles. The summed E-state index contributed by atoms with van der Waals surface area (Å²) in [5.74, 6) is 0.876. The van der Waals surface area contributed by atoms with Gasteiger partial charge in [-0.25, -0.2) is 14.2 Å². The Bertz CT molecular complexity index is 1080. The summed E-state index contributed by atoms with van der Waals surface area (Å²) < 4.78 is 20.3. The molecule has 144 valence electrons. The van der Waals surface area contributed by atoms with Crippen LogP contribution in [-0.4, -0.2) is 59.7 Å². The van der Waals surface area contributed by atoms with Crippen LogP contribution in [0.4, 0.5) is 5.82 Å². The highest BCUT2D eigenvalue weighted by Crippen LogP contribution is 2.46. The Kier molecular flexibility index (Phi) is 3.95. The largest absolute Gasteiger partial charge is 0.352 e. The molecule has 5 rings (SSSR count). The van der Waals surface area contributed by atoms with E-state index in [9.17, 15) is 9.00 Å². The Morgan fingerprint density at radius 3 is 2.64 bits per heavy atom. The molecule has 3 aromatic rings. The lowest BCUT2D eigenvalue weighted by Crippen LogP contribution is -2.57. The first kappa shape index (κ1) is 17.3. The maximum atomic E-state index is 13.1. The van der Waals surface area contributed by atoms with Gasteiger partial charge < -0.3 is 19.3 Å². The summed E-state index contributed by atoms with van der Waals surface area (Å²) in [7, 11) is 0. The summed E-state index contributed by atoms with van der Waals surface area (Å²) in [4.78, 5) is 29.4. The molecule has 2 fully saturated rings. The zero-order valence-corrected chi connectivity index (χ0v) is 15.9. The molecule has 1 aliphatic carbocycles. The van der Waals surface area contributed by atoms with Gasteiger partial charge in [0.15, 0.2) is 11.1 Å². The van der Waals surface area contributed by atoms with Crippen molar-refractivity contribution in [3.8, 4) is 0 Å². The van der Waals surface area contributed by atoms with Crippen molar-refractivity contribution in [2.75, 3.05) is 24.5 Å². The van der Waals surface area contributed by atoms with Crippen LogP contribution in [0.25, 0.3) is 11.0 Å². The number of anilines is 1. The van der Waals surface area contributed by atoms with Gasteiger partial charge in [0.05, 0.1) is 15.8 Å². The lowest BCUT2D eigenvalue weighted by atomic mass is 10.1. The third-order valence-electron chi connectivity index (χ3n) is 5.66. The van der Waals surface area contributed by atoms with Gasteiger partial charge in [0.25, 0.3) is 5.91 Å². The summed E-state index contributed by atoms with van der Waals surface area (Å²) in [5.41, 5.74) is 1.19. The fraction of sp³-hybridized carbons (Fsp3) is 0.316. The summed E-state index contributed by atoms with van der Waals surface area (Å²) in [6, 6.07) is 8.30. The molecule has 1 aliphatic heterocycles. The van der Waals surface area contributed by atoms with Gasteiger partial charge in [0, 0.05) is 31.4 Å². The Hall–Kier alpha value is -2.78. The van der Waals surface area contributed by atoms with E-state index in [-0.39, 0.29) is 11.4 Å². The van der Waals surface area contributed by atoms with Crippen LogP contribution in [0.2, 0.25) is 0 Å². The molecule has 2 aromatic heterocycles. The molecule has 2 aliphatic rings. The molecule has 0 radical (unpaired) electrons. The number of aromatic amines is 1. The standard InChI is InChI=1S/C19H19N5O3S/c25-18(13-1-3-14(4-2-13)28(26)27)24-10-9-23(11-19(24)6-7-19)17-15-5-8-20-16(15)21-12-22-17/h1-5,8,12H,6-7,9-11H2,(H,26,27)(H,20,21,22). The van der Waals surface area contributed by atoms with Crippen molar-refractivity contribution >= 4 is 33.8 Å². The SMILES string of the molecule is O=C(c1ccc(S(=O)O)cc1)N1CCN(c2ncnc3[nH]ccc23)CC12CC2. The third kappa shape index (κ3) is 2.78. The van der Waals surface area contributed by atoms with E-state index in [1.54, 1.807) is 18.5 Å². The second-order valence-electron chi connectivity index (χ2n) is 7.31. The molecule has 8 nitrogen and oxygen atoms in total. The van der Waals surface area contributed by atoms with Crippen LogP contribution in [0.5, 0.6) is 0 Å². The molecule has 1 amide bonds. The third-order valence-corrected chi connectivity index (χ3v) is 6.33. The van der Waals surface area contributed by atoms with Gasteiger partial charge in [-0.15, -0.1) is 0 Å². The van der Waals surface area contributed by atoms with E-state index in [0.29, 0.717) is 23.5 Å². The van der Waals surface area contributed by atoms with E-state index in [4.69, 9.17) is 4.55 Å². The molecular formula is C19H19N5O3S. The molecule has 1 unspecified atom stereocenters. The number of H-pyrrole nitrogens is 1. The van der Waals surface area contributed by atoms with Gasteiger partial charge in [-0.2, -0.15) is 0 Å². The number of nitrogens with zero attached hydrogens (tertiary/aromatic N) is 4. The van der Waals surface area contributed by atoms with Crippen LogP contribution in [0.3, 0.4) is 0 Å². The topological polar surface area (TPSA) is 102 Å². The Balaban J connectivity index is 1.39. The quantitative estimate of drug-likeness (QED) is 0.656. The number of amides is 1. The molecule has 1 spiro atoms. The lowest BCUT2D eigenvalue weighted by molar-refractivity contribution is 0.0624. The normalized spacial score (nSPS) is 19.2. The number of carbonyl (C=O) groups is 1. The number of hydrogen-bond acceptors (Lipinski definition) is 5. The van der Waals surface area contributed by atoms with Crippen LogP contribution in [0.1, 0.15) is 23.2 Å². The molecule has 2 N–H and O–H groups in total. The number of nitrogens with one attached hydrogen (secondary N) is 1. The van der Waals surface area contributed by atoms with E-state index in [2.05, 4.69) is 19.9 Å². The smallest absolute Gasteiger partial charge is 0.254 e. The Labute approximate surface area is 163 Å². The first-order valence-corrected chi connectivity index (χ1v) is 10.2. The highest BCUT2D eigenvalue weighted by atomic mass is 32.2. The predicted octanol–water partition coefficient (Wildman–Crippen LogP) is 2.03. The minimum Gasteiger partial charge on any atom is -0.352 e. The van der Waals surface area contributed by atoms with E-state index in [1.165, 1.54) is 12.1 Å². The van der Waals surface area contributed by atoms with Crippen molar-refractivity contribution in [1.82, 2.24) is 19.9 Å². The van der Waals surface area contributed by atoms with E-state index >= 15 is 0 Å². The number of aromatic nitrogens is 3. The fourth-order valence-electron chi connectivity index (χ4n) is 4.03. The van der Waals surface area contributed by atoms with Gasteiger partial charge in [-0.3, -0.25) is 4.79 Å². The van der Waals surface area contributed by atoms with Gasteiger partial charge in [0.1, 0.15) is 17.8 Å². The fourth-order valence-corrected chi connectivity index (χ4v) is 4.40. The van der Waals surface area contributed by atoms with Crippen molar-refractivity contribution in [3.05, 3.63) is 48.4 Å². The second-order valence-corrected chi connectivity index (χ2v) is 8.28. The number of hydrogen-bond donors (Lipinski definition) is 2. The molecule has 9 heteroatoms. The predicted molar refractivity (Wildman–Crippen MR) is 105 cm³/mol. The molecule has 28 heavy (non-hydrogen) atoms. The maximum absolute atomic E-state index is 13.1. The van der Waals surface area contributed by atoms with E-state index in [1.807, 2.05) is 17.2 Å². The van der Waals surface area contributed by atoms with Crippen molar-refractivity contribution in [2.45, 2.75) is 23.3 Å². The van der Waals surface area contributed by atoms with Gasteiger partial charge >= 0.3 is 0 Å². The van der Waals surface area contributed by atoms with Crippen molar-refractivity contribution in [2.24, 2.45) is 0 Å². The van der Waals surface area contributed by atoms with Gasteiger partial charge in [0.2, 0.25) is 0 Å². The summed E-state index contributed by atoms with van der Waals surface area (Å²) >= 11 is -2.04. The van der Waals surface area contributed by atoms with Crippen LogP contribution in [0, 0.1) is 0 Å². The molecule has 3 heterocycles. The zero-order valence-electron chi connectivity index (χ0n) is 15.0. The van der Waals surface area contributed by atoms with E-state index in [0.717, 1.165) is 36.2 Å². The Morgan fingerprint density at radius 2 is 1.93 bits per heavy atom. The molecule has 1 saturated carbocycles. The molecule has 1 aromatic carbocycles. The van der Waals surface area contributed by atoms with Crippen molar-refractivity contribution in [1.29, 1.82) is 0 Å². The lowest BCUT2D eigenvalue weighted by Gasteiger charge is -2.42. The first-order valence-electron chi connectivity index (χ1n) is 9.13.